The molecule has 1 aliphatic heterocycles. The summed E-state index contributed by atoms with van der Waals surface area (Å²) in [5, 5.41) is 10.9. The monoisotopic (exact) mass is 316 g/mol. The molecule has 0 saturated carbocycles. The van der Waals surface area contributed by atoms with Crippen LogP contribution in [0.5, 0.6) is 0 Å². The van der Waals surface area contributed by atoms with Crippen LogP contribution in [0, 0.1) is 0 Å². The summed E-state index contributed by atoms with van der Waals surface area (Å²) in [6.07, 6.45) is 4.44. The van der Waals surface area contributed by atoms with Crippen LogP contribution < -0.4 is 10.0 Å². The molecule has 2 heterocycles. The van der Waals surface area contributed by atoms with Gasteiger partial charge in [-0.2, -0.15) is 17.4 Å². The molecule has 2 rings (SSSR count). The van der Waals surface area contributed by atoms with Gasteiger partial charge < -0.3 is 9.88 Å². The average molecular weight is 316 g/mol. The summed E-state index contributed by atoms with van der Waals surface area (Å²) >= 11 is 0. The molecule has 21 heavy (non-hydrogen) atoms. The molecule has 0 aromatic carbocycles. The zero-order valence-corrected chi connectivity index (χ0v) is 13.4. The molecular weight excluding hydrogens is 292 g/mol. The second-order valence-corrected chi connectivity index (χ2v) is 6.96. The fourth-order valence-corrected chi connectivity index (χ4v) is 3.93. The highest BCUT2D eigenvalue weighted by Crippen LogP contribution is 2.19. The van der Waals surface area contributed by atoms with E-state index in [2.05, 4.69) is 20.2 Å². The molecule has 1 saturated heterocycles. The van der Waals surface area contributed by atoms with Gasteiger partial charge in [0, 0.05) is 26.2 Å². The largest absolute Gasteiger partial charge is 0.320 e. The maximum atomic E-state index is 12.5. The molecule has 1 unspecified atom stereocenters. The van der Waals surface area contributed by atoms with Crippen LogP contribution in [0.2, 0.25) is 0 Å². The first-order chi connectivity index (χ1) is 10.0. The summed E-state index contributed by atoms with van der Waals surface area (Å²) in [5.74, 6) is 0.596. The van der Waals surface area contributed by atoms with Gasteiger partial charge in [0.1, 0.15) is 12.2 Å². The highest BCUT2D eigenvalue weighted by Gasteiger charge is 2.31. The molecule has 1 fully saturated rings. The maximum Gasteiger partial charge on any atom is 0.280 e. The fourth-order valence-electron chi connectivity index (χ4n) is 2.51. The molecule has 0 radical (unpaired) electrons. The van der Waals surface area contributed by atoms with Crippen LogP contribution in [0.4, 0.5) is 0 Å². The number of likely N-dealkylation sites (N-methyl/N-ethyl adjacent to an activating group) is 1. The van der Waals surface area contributed by atoms with Crippen molar-refractivity contribution in [2.24, 2.45) is 7.05 Å². The minimum Gasteiger partial charge on any atom is -0.320 e. The zero-order chi connectivity index (χ0) is 15.3. The number of hydrogen-bond donors (Lipinski definition) is 2. The molecule has 0 aliphatic carbocycles. The number of piperidine rings is 1. The Bertz CT molecular complexity index is 544. The van der Waals surface area contributed by atoms with Gasteiger partial charge in [-0.1, -0.05) is 13.3 Å². The lowest BCUT2D eigenvalue weighted by molar-refractivity contribution is 0.243. The quantitative estimate of drug-likeness (QED) is 0.715. The first kappa shape index (κ1) is 16.3. The Labute approximate surface area is 126 Å². The smallest absolute Gasteiger partial charge is 0.280 e. The van der Waals surface area contributed by atoms with Gasteiger partial charge in [0.05, 0.1) is 6.54 Å². The van der Waals surface area contributed by atoms with Crippen LogP contribution in [0.25, 0.3) is 0 Å². The molecule has 0 amide bonds. The van der Waals surface area contributed by atoms with Gasteiger partial charge in [0.25, 0.3) is 10.2 Å². The molecular formula is C12H24N6O2S. The number of nitrogens with zero attached hydrogens (tertiary/aromatic N) is 4. The maximum absolute atomic E-state index is 12.5. The van der Waals surface area contributed by atoms with E-state index in [1.807, 2.05) is 6.92 Å². The minimum atomic E-state index is -3.49. The lowest BCUT2D eigenvalue weighted by Crippen LogP contribution is -2.52. The van der Waals surface area contributed by atoms with Crippen molar-refractivity contribution in [1.29, 1.82) is 0 Å². The molecule has 1 atom stereocenters. The average Bonchev–Trinajstić information content (AvgIpc) is 2.89. The Hall–Kier alpha value is -1.03. The molecule has 2 N–H and O–H groups in total. The Morgan fingerprint density at radius 3 is 2.90 bits per heavy atom. The molecule has 0 bridgehead atoms. The standard InChI is InChI=1S/C12H24N6O2S/c1-3-13-8-11-6-4-5-7-18(11)21(19,20)15-9-12-16-14-10-17(12)2/h10-11,13,15H,3-9H2,1-2H3. The highest BCUT2D eigenvalue weighted by molar-refractivity contribution is 7.87. The van der Waals surface area contributed by atoms with Crippen molar-refractivity contribution in [1.82, 2.24) is 29.1 Å². The highest BCUT2D eigenvalue weighted by atomic mass is 32.2. The van der Waals surface area contributed by atoms with E-state index >= 15 is 0 Å². The first-order valence-electron chi connectivity index (χ1n) is 7.34. The van der Waals surface area contributed by atoms with Crippen LogP contribution in [0.15, 0.2) is 6.33 Å². The van der Waals surface area contributed by atoms with Crippen LogP contribution in [0.3, 0.4) is 0 Å². The zero-order valence-electron chi connectivity index (χ0n) is 12.6. The van der Waals surface area contributed by atoms with Gasteiger partial charge in [-0.25, -0.2) is 0 Å². The van der Waals surface area contributed by atoms with E-state index in [0.717, 1.165) is 25.8 Å². The van der Waals surface area contributed by atoms with Gasteiger partial charge in [0.15, 0.2) is 0 Å². The molecule has 120 valence electrons. The summed E-state index contributed by atoms with van der Waals surface area (Å²) in [5.41, 5.74) is 0. The lowest BCUT2D eigenvalue weighted by Gasteiger charge is -2.34. The molecule has 8 nitrogen and oxygen atoms in total. The molecule has 1 aliphatic rings. The second kappa shape index (κ2) is 7.30. The number of hydrogen-bond acceptors (Lipinski definition) is 5. The van der Waals surface area contributed by atoms with Crippen LogP contribution in [0.1, 0.15) is 32.0 Å². The van der Waals surface area contributed by atoms with Crippen molar-refractivity contribution in [3.63, 3.8) is 0 Å². The van der Waals surface area contributed by atoms with Crippen LogP contribution in [-0.2, 0) is 23.8 Å². The molecule has 9 heteroatoms. The van der Waals surface area contributed by atoms with Gasteiger partial charge >= 0.3 is 0 Å². The molecule has 1 aromatic heterocycles. The van der Waals surface area contributed by atoms with Gasteiger partial charge in [0.2, 0.25) is 0 Å². The van der Waals surface area contributed by atoms with Crippen LogP contribution in [-0.4, -0.2) is 53.2 Å². The number of aromatic nitrogens is 3. The molecule has 0 spiro atoms. The summed E-state index contributed by atoms with van der Waals surface area (Å²) in [6.45, 7) is 4.29. The van der Waals surface area contributed by atoms with Crippen molar-refractivity contribution in [2.45, 2.75) is 38.8 Å². The number of aryl methyl sites for hydroxylation is 1. The van der Waals surface area contributed by atoms with E-state index in [-0.39, 0.29) is 12.6 Å². The van der Waals surface area contributed by atoms with Crippen molar-refractivity contribution < 1.29 is 8.42 Å². The van der Waals surface area contributed by atoms with Crippen molar-refractivity contribution in [3.05, 3.63) is 12.2 Å². The van der Waals surface area contributed by atoms with E-state index in [4.69, 9.17) is 0 Å². The van der Waals surface area contributed by atoms with E-state index in [9.17, 15) is 8.42 Å². The Morgan fingerprint density at radius 2 is 2.24 bits per heavy atom. The SMILES string of the molecule is CCNCC1CCCCN1S(=O)(=O)NCc1nncn1C. The van der Waals surface area contributed by atoms with Gasteiger partial charge in [-0.15, -0.1) is 10.2 Å². The topological polar surface area (TPSA) is 92.2 Å². The summed E-state index contributed by atoms with van der Waals surface area (Å²) < 4.78 is 30.9. The van der Waals surface area contributed by atoms with Crippen LogP contribution >= 0.6 is 0 Å². The third-order valence-corrected chi connectivity index (χ3v) is 5.34. The van der Waals surface area contributed by atoms with Crippen molar-refractivity contribution in [2.75, 3.05) is 19.6 Å². The Balaban J connectivity index is 2.00. The third-order valence-electron chi connectivity index (χ3n) is 3.73. The van der Waals surface area contributed by atoms with E-state index in [1.54, 1.807) is 22.2 Å². The third kappa shape index (κ3) is 4.22. The summed E-state index contributed by atoms with van der Waals surface area (Å²) in [6, 6.07) is 0.0238. The van der Waals surface area contributed by atoms with E-state index in [0.29, 0.717) is 18.9 Å². The Morgan fingerprint density at radius 1 is 1.43 bits per heavy atom. The van der Waals surface area contributed by atoms with Crippen molar-refractivity contribution in [3.8, 4) is 0 Å². The molecule has 1 aromatic rings. The second-order valence-electron chi connectivity index (χ2n) is 5.25. The lowest BCUT2D eigenvalue weighted by atomic mass is 10.1. The number of rotatable bonds is 7. The van der Waals surface area contributed by atoms with E-state index in [1.165, 1.54) is 0 Å². The van der Waals surface area contributed by atoms with E-state index < -0.39 is 10.2 Å². The predicted molar refractivity (Wildman–Crippen MR) is 79.7 cm³/mol. The normalized spacial score (nSPS) is 20.8. The number of nitrogens with one attached hydrogen (secondary N) is 2. The van der Waals surface area contributed by atoms with Crippen molar-refractivity contribution >= 4 is 10.2 Å². The fraction of sp³-hybridized carbons (Fsp3) is 0.833. The summed E-state index contributed by atoms with van der Waals surface area (Å²) in [4.78, 5) is 0. The van der Waals surface area contributed by atoms with Gasteiger partial charge in [-0.3, -0.25) is 0 Å². The first-order valence-corrected chi connectivity index (χ1v) is 8.78. The summed E-state index contributed by atoms with van der Waals surface area (Å²) in [7, 11) is -1.70. The van der Waals surface area contributed by atoms with Gasteiger partial charge in [-0.05, 0) is 19.4 Å². The predicted octanol–water partition coefficient (Wildman–Crippen LogP) is -0.386. The minimum absolute atomic E-state index is 0.0238. The Kier molecular flexibility index (Phi) is 5.68.